The topological polar surface area (TPSA) is 108 Å². The van der Waals surface area contributed by atoms with Crippen LogP contribution in [0.25, 0.3) is 10.4 Å². The number of hydrogen-bond acceptors (Lipinski definition) is 6. The van der Waals surface area contributed by atoms with Gasteiger partial charge < -0.3 is 19.4 Å². The second-order valence-electron chi connectivity index (χ2n) is 8.89. The number of nitrogens with zero attached hydrogens (tertiary/aromatic N) is 3. The van der Waals surface area contributed by atoms with Crippen LogP contribution in [0.2, 0.25) is 5.04 Å². The lowest BCUT2D eigenvalue weighted by molar-refractivity contribution is -0.160. The van der Waals surface area contributed by atoms with E-state index in [1.807, 2.05) is 42.7 Å². The first kappa shape index (κ1) is 24.8. The second-order valence-corrected chi connectivity index (χ2v) is 14.1. The van der Waals surface area contributed by atoms with E-state index < -0.39 is 38.1 Å². The van der Waals surface area contributed by atoms with Crippen molar-refractivity contribution in [2.24, 2.45) is 5.11 Å². The van der Waals surface area contributed by atoms with E-state index in [2.05, 4.69) is 55.1 Å². The summed E-state index contributed by atoms with van der Waals surface area (Å²) in [5, 5.41) is 26.8. The van der Waals surface area contributed by atoms with E-state index in [1.165, 1.54) is 11.8 Å². The predicted molar refractivity (Wildman–Crippen MR) is 131 cm³/mol. The number of thioether (sulfide) groups is 1. The molecule has 0 bridgehead atoms. The largest absolute Gasteiger partial charge is 0.401 e. The summed E-state index contributed by atoms with van der Waals surface area (Å²) in [5.74, 6) is 0. The maximum atomic E-state index is 11.2. The van der Waals surface area contributed by atoms with Crippen LogP contribution in [-0.4, -0.2) is 61.2 Å². The van der Waals surface area contributed by atoms with Crippen LogP contribution in [0.4, 0.5) is 0 Å². The van der Waals surface area contributed by atoms with E-state index >= 15 is 0 Å². The summed E-state index contributed by atoms with van der Waals surface area (Å²) in [6.45, 7) is 6.07. The Kier molecular flexibility index (Phi) is 8.05. The zero-order valence-corrected chi connectivity index (χ0v) is 20.6. The minimum Gasteiger partial charge on any atom is -0.401 e. The van der Waals surface area contributed by atoms with Gasteiger partial charge >= 0.3 is 0 Å². The summed E-state index contributed by atoms with van der Waals surface area (Å²) < 4.78 is 12.9. The minimum absolute atomic E-state index is 0.321. The number of aliphatic hydroxyl groups excluding tert-OH is 2. The highest BCUT2D eigenvalue weighted by molar-refractivity contribution is 7.99. The molecule has 1 heterocycles. The molecule has 172 valence electrons. The average Bonchev–Trinajstić information content (AvgIpc) is 2.79. The lowest BCUT2D eigenvalue weighted by Crippen LogP contribution is -2.71. The summed E-state index contributed by atoms with van der Waals surface area (Å²) >= 11 is 1.37. The summed E-state index contributed by atoms with van der Waals surface area (Å²) in [6, 6.07) is 19.4. The van der Waals surface area contributed by atoms with Gasteiger partial charge in [0.1, 0.15) is 23.7 Å². The van der Waals surface area contributed by atoms with E-state index in [1.54, 1.807) is 0 Å². The minimum atomic E-state index is -3.02. The second kappa shape index (κ2) is 10.4. The van der Waals surface area contributed by atoms with Gasteiger partial charge in [0.2, 0.25) is 0 Å². The van der Waals surface area contributed by atoms with Gasteiger partial charge in [-0.2, -0.15) is 0 Å². The first-order valence-electron chi connectivity index (χ1n) is 10.6. The molecule has 1 fully saturated rings. The molecular formula is C23H31N3O4SSi. The molecule has 2 unspecified atom stereocenters. The van der Waals surface area contributed by atoms with Crippen LogP contribution in [0, 0.1) is 0 Å². The van der Waals surface area contributed by atoms with E-state index in [0.717, 1.165) is 10.4 Å². The molecule has 0 aromatic heterocycles. The van der Waals surface area contributed by atoms with Crippen molar-refractivity contribution >= 4 is 30.5 Å². The molecule has 0 aliphatic carbocycles. The molecule has 9 heteroatoms. The lowest BCUT2D eigenvalue weighted by atomic mass is 9.99. The third kappa shape index (κ3) is 4.60. The van der Waals surface area contributed by atoms with E-state index in [9.17, 15) is 15.7 Å². The Balaban J connectivity index is 2.23. The number of ether oxygens (including phenoxy) is 1. The molecule has 2 aromatic rings. The van der Waals surface area contributed by atoms with Gasteiger partial charge in [-0.15, -0.1) is 11.8 Å². The van der Waals surface area contributed by atoms with Crippen LogP contribution >= 0.6 is 11.8 Å². The Morgan fingerprint density at radius 3 is 2.03 bits per heavy atom. The summed E-state index contributed by atoms with van der Waals surface area (Å²) in [7, 11) is -3.02. The van der Waals surface area contributed by atoms with Crippen LogP contribution in [0.15, 0.2) is 65.8 Å². The first-order valence-corrected chi connectivity index (χ1v) is 13.8. The third-order valence-corrected chi connectivity index (χ3v) is 11.9. The molecule has 2 aromatic carbocycles. The molecule has 7 nitrogen and oxygen atoms in total. The maximum absolute atomic E-state index is 11.2. The van der Waals surface area contributed by atoms with Gasteiger partial charge in [-0.25, -0.2) is 0 Å². The Morgan fingerprint density at radius 1 is 1.09 bits per heavy atom. The Labute approximate surface area is 194 Å². The van der Waals surface area contributed by atoms with Gasteiger partial charge in [0.15, 0.2) is 0 Å². The van der Waals surface area contributed by atoms with Crippen LogP contribution < -0.4 is 10.4 Å². The third-order valence-electron chi connectivity index (χ3n) is 5.97. The molecule has 0 radical (unpaired) electrons. The van der Waals surface area contributed by atoms with Crippen molar-refractivity contribution in [1.29, 1.82) is 0 Å². The summed E-state index contributed by atoms with van der Waals surface area (Å²) in [6.07, 6.45) is -0.988. The number of rotatable bonds is 7. The van der Waals surface area contributed by atoms with E-state index in [0.29, 0.717) is 0 Å². The van der Waals surface area contributed by atoms with Crippen molar-refractivity contribution in [1.82, 2.24) is 0 Å². The molecule has 3 rings (SSSR count). The number of hydrogen-bond donors (Lipinski definition) is 2. The highest BCUT2D eigenvalue weighted by atomic mass is 32.2. The van der Waals surface area contributed by atoms with Crippen molar-refractivity contribution in [3.05, 3.63) is 71.1 Å². The Morgan fingerprint density at radius 2 is 1.62 bits per heavy atom. The lowest BCUT2D eigenvalue weighted by Gasteiger charge is -2.50. The fourth-order valence-corrected chi connectivity index (χ4v) is 9.91. The normalized spacial score (nSPS) is 26.4. The zero-order chi connectivity index (χ0) is 23.4. The van der Waals surface area contributed by atoms with Gasteiger partial charge in [0.25, 0.3) is 8.32 Å². The van der Waals surface area contributed by atoms with Gasteiger partial charge in [-0.05, 0) is 27.2 Å². The SMILES string of the molecule is CS[C@@H]1OC(CO)[C@H](O)C(O[Si](c2ccccc2)(c2ccccc2)C(C)(C)C)[C@H]1N=[N+]=[N-]. The molecule has 5 atom stereocenters. The van der Waals surface area contributed by atoms with Crippen molar-refractivity contribution < 1.29 is 19.4 Å². The molecular weight excluding hydrogens is 442 g/mol. The van der Waals surface area contributed by atoms with Gasteiger partial charge in [-0.3, -0.25) is 0 Å². The zero-order valence-electron chi connectivity index (χ0n) is 18.8. The number of benzene rings is 2. The van der Waals surface area contributed by atoms with E-state index in [-0.39, 0.29) is 11.6 Å². The smallest absolute Gasteiger partial charge is 0.261 e. The van der Waals surface area contributed by atoms with Gasteiger partial charge in [0, 0.05) is 4.91 Å². The van der Waals surface area contributed by atoms with Crippen LogP contribution in [0.5, 0.6) is 0 Å². The van der Waals surface area contributed by atoms with Gasteiger partial charge in [-0.1, -0.05) is 86.5 Å². The highest BCUT2D eigenvalue weighted by Crippen LogP contribution is 2.41. The highest BCUT2D eigenvalue weighted by Gasteiger charge is 2.55. The standard InChI is InChI=1S/C23H31N3O4SSi/c1-23(2,3)32(16-11-7-5-8-12-16,17-13-9-6-10-14-17)30-21-19(25-26-24)22(31-4)29-18(15-27)20(21)28/h5-14,18-22,27-28H,15H2,1-4H3/t18?,19-,20+,21?,22+/m1/s1. The predicted octanol–water partition coefficient (Wildman–Crippen LogP) is 3.05. The molecule has 1 saturated heterocycles. The maximum Gasteiger partial charge on any atom is 0.261 e. The first-order chi connectivity index (χ1) is 15.3. The summed E-state index contributed by atoms with van der Waals surface area (Å²) in [5.41, 5.74) is 8.72. The molecule has 32 heavy (non-hydrogen) atoms. The quantitative estimate of drug-likeness (QED) is 0.278. The Hall–Kier alpha value is -1.84. The molecule has 1 aliphatic rings. The van der Waals surface area contributed by atoms with Crippen molar-refractivity contribution in [2.75, 3.05) is 12.9 Å². The van der Waals surface area contributed by atoms with Crippen LogP contribution in [-0.2, 0) is 9.16 Å². The molecule has 1 aliphatic heterocycles. The van der Waals surface area contributed by atoms with E-state index in [4.69, 9.17) is 9.16 Å². The molecule has 0 saturated carbocycles. The van der Waals surface area contributed by atoms with Gasteiger partial charge in [0.05, 0.1) is 12.7 Å². The van der Waals surface area contributed by atoms with Crippen molar-refractivity contribution in [3.8, 4) is 0 Å². The fourth-order valence-electron chi connectivity index (χ4n) is 4.46. The fraction of sp³-hybridized carbons (Fsp3) is 0.478. The monoisotopic (exact) mass is 473 g/mol. The molecule has 0 spiro atoms. The number of azide groups is 1. The van der Waals surface area contributed by atoms with Crippen molar-refractivity contribution in [3.63, 3.8) is 0 Å². The van der Waals surface area contributed by atoms with Crippen LogP contribution in [0.1, 0.15) is 20.8 Å². The Bertz CT molecular complexity index is 882. The van der Waals surface area contributed by atoms with Crippen LogP contribution in [0.3, 0.4) is 0 Å². The number of aliphatic hydroxyl groups is 2. The summed E-state index contributed by atoms with van der Waals surface area (Å²) in [4.78, 5) is 3.02. The average molecular weight is 474 g/mol. The molecule has 0 amide bonds. The van der Waals surface area contributed by atoms with Crippen molar-refractivity contribution in [2.45, 2.75) is 55.6 Å². The molecule has 2 N–H and O–H groups in total.